The molecule has 2 aromatic rings. The van der Waals surface area contributed by atoms with Crippen LogP contribution in [0.1, 0.15) is 22.8 Å². The standard InChI is InChI=1S/C16H17FN2O2/c1-3-10-4-6-11(7-5-10)19-15-8-12(16(20)21-2)14(18)9-13(15)17/h4-9,19H,3,18H2,1-2H3. The van der Waals surface area contributed by atoms with E-state index in [1.54, 1.807) is 0 Å². The van der Waals surface area contributed by atoms with E-state index in [1.165, 1.54) is 18.7 Å². The molecule has 2 aromatic carbocycles. The normalized spacial score (nSPS) is 10.2. The van der Waals surface area contributed by atoms with Crippen molar-refractivity contribution in [1.29, 1.82) is 0 Å². The second-order valence-electron chi connectivity index (χ2n) is 4.59. The van der Waals surface area contributed by atoms with Crippen molar-refractivity contribution >= 4 is 23.0 Å². The molecule has 5 heteroatoms. The van der Waals surface area contributed by atoms with Crippen LogP contribution in [0.3, 0.4) is 0 Å². The fourth-order valence-corrected chi connectivity index (χ4v) is 1.95. The van der Waals surface area contributed by atoms with Gasteiger partial charge in [-0.05, 0) is 36.2 Å². The number of esters is 1. The van der Waals surface area contributed by atoms with Gasteiger partial charge in [-0.3, -0.25) is 0 Å². The Bertz CT molecular complexity index is 654. The van der Waals surface area contributed by atoms with Gasteiger partial charge in [-0.1, -0.05) is 19.1 Å². The number of aryl methyl sites for hydroxylation is 1. The van der Waals surface area contributed by atoms with Crippen LogP contribution in [0.25, 0.3) is 0 Å². The number of carbonyl (C=O) groups is 1. The predicted molar refractivity (Wildman–Crippen MR) is 81.3 cm³/mol. The van der Waals surface area contributed by atoms with Crippen molar-refractivity contribution in [2.75, 3.05) is 18.2 Å². The molecule has 3 N–H and O–H groups in total. The summed E-state index contributed by atoms with van der Waals surface area (Å²) >= 11 is 0. The molecule has 0 atom stereocenters. The van der Waals surface area contributed by atoms with Crippen molar-refractivity contribution in [3.63, 3.8) is 0 Å². The Morgan fingerprint density at radius 3 is 2.52 bits per heavy atom. The highest BCUT2D eigenvalue weighted by molar-refractivity contribution is 5.96. The van der Waals surface area contributed by atoms with Crippen molar-refractivity contribution in [2.24, 2.45) is 0 Å². The molecule has 0 aliphatic heterocycles. The van der Waals surface area contributed by atoms with Gasteiger partial charge in [0.1, 0.15) is 5.82 Å². The third-order valence-electron chi connectivity index (χ3n) is 3.19. The van der Waals surface area contributed by atoms with E-state index in [9.17, 15) is 9.18 Å². The van der Waals surface area contributed by atoms with Gasteiger partial charge in [0.15, 0.2) is 0 Å². The first-order valence-electron chi connectivity index (χ1n) is 6.58. The lowest BCUT2D eigenvalue weighted by atomic mass is 10.1. The maximum Gasteiger partial charge on any atom is 0.340 e. The summed E-state index contributed by atoms with van der Waals surface area (Å²) in [6.07, 6.45) is 0.934. The Balaban J connectivity index is 2.32. The van der Waals surface area contributed by atoms with Crippen LogP contribution in [-0.2, 0) is 11.2 Å². The lowest BCUT2D eigenvalue weighted by molar-refractivity contribution is 0.0602. The number of methoxy groups -OCH3 is 1. The summed E-state index contributed by atoms with van der Waals surface area (Å²) in [5.74, 6) is -1.13. The van der Waals surface area contributed by atoms with Gasteiger partial charge in [0.2, 0.25) is 0 Å². The molecule has 0 aliphatic carbocycles. The molecule has 4 nitrogen and oxygen atoms in total. The van der Waals surface area contributed by atoms with Gasteiger partial charge in [-0.2, -0.15) is 0 Å². The topological polar surface area (TPSA) is 64.3 Å². The van der Waals surface area contributed by atoms with Crippen LogP contribution in [-0.4, -0.2) is 13.1 Å². The molecule has 110 valence electrons. The third-order valence-corrected chi connectivity index (χ3v) is 3.19. The first-order chi connectivity index (χ1) is 10.0. The number of hydrogen-bond donors (Lipinski definition) is 2. The molecule has 2 rings (SSSR count). The van der Waals surface area contributed by atoms with E-state index < -0.39 is 11.8 Å². The first-order valence-corrected chi connectivity index (χ1v) is 6.58. The Labute approximate surface area is 122 Å². The van der Waals surface area contributed by atoms with E-state index in [2.05, 4.69) is 17.0 Å². The zero-order valence-corrected chi connectivity index (χ0v) is 11.9. The second-order valence-corrected chi connectivity index (χ2v) is 4.59. The molecule has 0 heterocycles. The van der Waals surface area contributed by atoms with Crippen molar-refractivity contribution in [1.82, 2.24) is 0 Å². The van der Waals surface area contributed by atoms with Crippen LogP contribution >= 0.6 is 0 Å². The number of nitrogen functional groups attached to an aromatic ring is 1. The number of ether oxygens (including phenoxy) is 1. The van der Waals surface area contributed by atoms with E-state index >= 15 is 0 Å². The quantitative estimate of drug-likeness (QED) is 0.667. The summed E-state index contributed by atoms with van der Waals surface area (Å²) in [7, 11) is 1.25. The molecule has 0 fully saturated rings. The molecular weight excluding hydrogens is 271 g/mol. The fraction of sp³-hybridized carbons (Fsp3) is 0.188. The highest BCUT2D eigenvalue weighted by Gasteiger charge is 2.14. The molecule has 0 radical (unpaired) electrons. The fourth-order valence-electron chi connectivity index (χ4n) is 1.95. The zero-order valence-electron chi connectivity index (χ0n) is 11.9. The lowest BCUT2D eigenvalue weighted by Gasteiger charge is -2.11. The number of anilines is 3. The maximum absolute atomic E-state index is 13.9. The molecule has 0 bridgehead atoms. The van der Waals surface area contributed by atoms with Crippen molar-refractivity contribution in [3.8, 4) is 0 Å². The van der Waals surface area contributed by atoms with Crippen LogP contribution in [0.4, 0.5) is 21.5 Å². The van der Waals surface area contributed by atoms with Gasteiger partial charge in [0.25, 0.3) is 0 Å². The van der Waals surface area contributed by atoms with Gasteiger partial charge in [-0.15, -0.1) is 0 Å². The summed E-state index contributed by atoms with van der Waals surface area (Å²) in [4.78, 5) is 11.6. The van der Waals surface area contributed by atoms with Crippen molar-refractivity contribution in [3.05, 3.63) is 53.3 Å². The van der Waals surface area contributed by atoms with E-state index in [4.69, 9.17) is 5.73 Å². The van der Waals surface area contributed by atoms with Crippen molar-refractivity contribution in [2.45, 2.75) is 13.3 Å². The predicted octanol–water partition coefficient (Wildman–Crippen LogP) is 3.50. The minimum Gasteiger partial charge on any atom is -0.465 e. The smallest absolute Gasteiger partial charge is 0.340 e. The average molecular weight is 288 g/mol. The van der Waals surface area contributed by atoms with E-state index in [-0.39, 0.29) is 16.9 Å². The third kappa shape index (κ3) is 3.31. The molecule has 21 heavy (non-hydrogen) atoms. The Hall–Kier alpha value is -2.56. The number of hydrogen-bond acceptors (Lipinski definition) is 4. The van der Waals surface area contributed by atoms with Gasteiger partial charge in [0.05, 0.1) is 18.4 Å². The van der Waals surface area contributed by atoms with Gasteiger partial charge >= 0.3 is 5.97 Å². The summed E-state index contributed by atoms with van der Waals surface area (Å²) in [6, 6.07) is 10.1. The Kier molecular flexibility index (Phi) is 4.42. The monoisotopic (exact) mass is 288 g/mol. The van der Waals surface area contributed by atoms with Crippen LogP contribution in [0.15, 0.2) is 36.4 Å². The van der Waals surface area contributed by atoms with Gasteiger partial charge in [0, 0.05) is 11.4 Å². The van der Waals surface area contributed by atoms with Gasteiger partial charge in [-0.25, -0.2) is 9.18 Å². The number of nitrogens with two attached hydrogens (primary N) is 1. The summed E-state index contributed by atoms with van der Waals surface area (Å²) < 4.78 is 18.6. The van der Waals surface area contributed by atoms with Crippen LogP contribution in [0, 0.1) is 5.82 Å². The molecule has 0 aliphatic rings. The molecular formula is C16H17FN2O2. The highest BCUT2D eigenvalue weighted by Crippen LogP contribution is 2.26. The van der Waals surface area contributed by atoms with E-state index in [0.29, 0.717) is 0 Å². The SMILES string of the molecule is CCc1ccc(Nc2cc(C(=O)OC)c(N)cc2F)cc1. The Morgan fingerprint density at radius 1 is 1.29 bits per heavy atom. The Morgan fingerprint density at radius 2 is 1.95 bits per heavy atom. The summed E-state index contributed by atoms with van der Waals surface area (Å²) in [5, 5.41) is 2.93. The molecule has 0 amide bonds. The summed E-state index contributed by atoms with van der Waals surface area (Å²) in [6.45, 7) is 2.06. The average Bonchev–Trinajstić information content (AvgIpc) is 2.50. The van der Waals surface area contributed by atoms with Crippen LogP contribution in [0.2, 0.25) is 0 Å². The van der Waals surface area contributed by atoms with Crippen LogP contribution < -0.4 is 11.1 Å². The van der Waals surface area contributed by atoms with Gasteiger partial charge < -0.3 is 15.8 Å². The number of benzene rings is 2. The minimum atomic E-state index is -0.600. The zero-order chi connectivity index (χ0) is 15.4. The number of nitrogens with one attached hydrogen (secondary N) is 1. The maximum atomic E-state index is 13.9. The second kappa shape index (κ2) is 6.26. The number of carbonyl (C=O) groups excluding carboxylic acids is 1. The van der Waals surface area contributed by atoms with Crippen LogP contribution in [0.5, 0.6) is 0 Å². The minimum absolute atomic E-state index is 0.0474. The number of rotatable bonds is 4. The lowest BCUT2D eigenvalue weighted by Crippen LogP contribution is -2.07. The number of halogens is 1. The molecule has 0 spiro atoms. The van der Waals surface area contributed by atoms with E-state index in [1.807, 2.05) is 24.3 Å². The van der Waals surface area contributed by atoms with Crippen molar-refractivity contribution < 1.29 is 13.9 Å². The first kappa shape index (κ1) is 14.8. The van der Waals surface area contributed by atoms with E-state index in [0.717, 1.165) is 18.2 Å². The molecule has 0 aromatic heterocycles. The summed E-state index contributed by atoms with van der Waals surface area (Å²) in [5.41, 5.74) is 7.90. The molecule has 0 saturated carbocycles. The molecule has 0 saturated heterocycles. The largest absolute Gasteiger partial charge is 0.465 e. The highest BCUT2D eigenvalue weighted by atomic mass is 19.1. The molecule has 0 unspecified atom stereocenters.